The van der Waals surface area contributed by atoms with Gasteiger partial charge in [0.1, 0.15) is 0 Å². The molecule has 0 saturated heterocycles. The van der Waals surface area contributed by atoms with Crippen molar-refractivity contribution in [1.82, 2.24) is 13.9 Å². The maximum absolute atomic E-state index is 13.5. The number of hydrogen-bond donors (Lipinski definition) is 0. The second kappa shape index (κ2) is 9.39. The third-order valence-corrected chi connectivity index (χ3v) is 7.38. The Morgan fingerprint density at radius 2 is 1.54 bits per heavy atom. The van der Waals surface area contributed by atoms with Crippen LogP contribution < -0.4 is 10.4 Å². The molecule has 5 nitrogen and oxygen atoms in total. The van der Waals surface area contributed by atoms with Crippen LogP contribution in [0, 0.1) is 20.8 Å². The van der Waals surface area contributed by atoms with Crippen molar-refractivity contribution in [3.05, 3.63) is 122 Å². The standard InChI is InChI=1S/C29H28N4OS/c1-20-15-16-24(17-21(20)2)26-19-35-29(32(26)18-23-11-7-5-8-12-23)30-27-22(3)31(4)33(28(27)34)25-13-9-6-10-14-25/h5-17,19H,18H2,1-4H3. The lowest BCUT2D eigenvalue weighted by Gasteiger charge is -2.11. The van der Waals surface area contributed by atoms with Gasteiger partial charge in [-0.15, -0.1) is 11.3 Å². The molecule has 0 fully saturated rings. The van der Waals surface area contributed by atoms with Gasteiger partial charge in [-0.2, -0.15) is 0 Å². The fourth-order valence-electron chi connectivity index (χ4n) is 4.25. The molecule has 0 amide bonds. The molecule has 5 aromatic rings. The van der Waals surface area contributed by atoms with Crippen LogP contribution in [-0.4, -0.2) is 13.9 Å². The molecule has 5 rings (SSSR count). The first-order valence-corrected chi connectivity index (χ1v) is 12.5. The van der Waals surface area contributed by atoms with E-state index in [1.807, 2.05) is 55.1 Å². The zero-order chi connectivity index (χ0) is 24.5. The van der Waals surface area contributed by atoms with Gasteiger partial charge in [-0.1, -0.05) is 60.7 Å². The van der Waals surface area contributed by atoms with E-state index in [9.17, 15) is 4.79 Å². The van der Waals surface area contributed by atoms with Gasteiger partial charge in [-0.25, -0.2) is 9.67 Å². The molecule has 0 aliphatic heterocycles. The van der Waals surface area contributed by atoms with E-state index in [4.69, 9.17) is 4.99 Å². The maximum Gasteiger partial charge on any atom is 0.297 e. The summed E-state index contributed by atoms with van der Waals surface area (Å²) in [7, 11) is 1.90. The topological polar surface area (TPSA) is 44.2 Å². The van der Waals surface area contributed by atoms with Gasteiger partial charge < -0.3 is 4.57 Å². The van der Waals surface area contributed by atoms with Crippen LogP contribution in [0.15, 0.2) is 94.0 Å². The molecular weight excluding hydrogens is 452 g/mol. The summed E-state index contributed by atoms with van der Waals surface area (Å²) in [6.45, 7) is 6.88. The fourth-order valence-corrected chi connectivity index (χ4v) is 5.16. The van der Waals surface area contributed by atoms with Crippen LogP contribution >= 0.6 is 11.3 Å². The molecule has 0 unspecified atom stereocenters. The molecule has 0 aliphatic carbocycles. The summed E-state index contributed by atoms with van der Waals surface area (Å²) in [6, 6.07) is 26.6. The second-order valence-corrected chi connectivity index (χ2v) is 9.63. The number of rotatable bonds is 5. The highest BCUT2D eigenvalue weighted by atomic mass is 32.1. The van der Waals surface area contributed by atoms with Crippen LogP contribution in [0.1, 0.15) is 22.4 Å². The fraction of sp³-hybridized carbons (Fsp3) is 0.172. The van der Waals surface area contributed by atoms with Gasteiger partial charge in [0, 0.05) is 12.4 Å². The Balaban J connectivity index is 1.71. The quantitative estimate of drug-likeness (QED) is 0.308. The highest BCUT2D eigenvalue weighted by Gasteiger charge is 2.17. The van der Waals surface area contributed by atoms with E-state index in [2.05, 4.69) is 66.3 Å². The first-order valence-electron chi connectivity index (χ1n) is 11.6. The van der Waals surface area contributed by atoms with E-state index in [1.165, 1.54) is 16.7 Å². The van der Waals surface area contributed by atoms with Gasteiger partial charge in [-0.3, -0.25) is 9.48 Å². The Morgan fingerprint density at radius 3 is 2.23 bits per heavy atom. The van der Waals surface area contributed by atoms with Crippen molar-refractivity contribution in [3.8, 4) is 16.9 Å². The van der Waals surface area contributed by atoms with E-state index in [-0.39, 0.29) is 5.56 Å². The summed E-state index contributed by atoms with van der Waals surface area (Å²) >= 11 is 1.56. The molecule has 2 heterocycles. The minimum Gasteiger partial charge on any atom is -0.312 e. The van der Waals surface area contributed by atoms with Crippen LogP contribution in [0.2, 0.25) is 0 Å². The third kappa shape index (κ3) is 4.33. The van der Waals surface area contributed by atoms with Crippen molar-refractivity contribution in [3.63, 3.8) is 0 Å². The predicted molar refractivity (Wildman–Crippen MR) is 144 cm³/mol. The Kier molecular flexibility index (Phi) is 6.14. The first kappa shape index (κ1) is 22.9. The number of nitrogens with zero attached hydrogens (tertiary/aromatic N) is 4. The smallest absolute Gasteiger partial charge is 0.297 e. The van der Waals surface area contributed by atoms with Gasteiger partial charge in [0.15, 0.2) is 10.5 Å². The van der Waals surface area contributed by atoms with Crippen molar-refractivity contribution < 1.29 is 0 Å². The molecule has 0 radical (unpaired) electrons. The summed E-state index contributed by atoms with van der Waals surface area (Å²) in [6.07, 6.45) is 0. The third-order valence-electron chi connectivity index (χ3n) is 6.52. The molecule has 2 aromatic heterocycles. The second-order valence-electron chi connectivity index (χ2n) is 8.80. The van der Waals surface area contributed by atoms with Crippen LogP contribution in [0.4, 0.5) is 5.69 Å². The van der Waals surface area contributed by atoms with Crippen LogP contribution in [0.5, 0.6) is 0 Å². The minimum atomic E-state index is -0.122. The van der Waals surface area contributed by atoms with Gasteiger partial charge in [0.05, 0.1) is 23.6 Å². The molecule has 0 bridgehead atoms. The molecule has 176 valence electrons. The van der Waals surface area contributed by atoms with Crippen molar-refractivity contribution in [2.45, 2.75) is 27.3 Å². The summed E-state index contributed by atoms with van der Waals surface area (Å²) < 4.78 is 5.76. The predicted octanol–water partition coefficient (Wildman–Crippen LogP) is 5.91. The van der Waals surface area contributed by atoms with Crippen molar-refractivity contribution in [2.75, 3.05) is 0 Å². The minimum absolute atomic E-state index is 0.122. The Labute approximate surface area is 208 Å². The zero-order valence-corrected chi connectivity index (χ0v) is 21.2. The van der Waals surface area contributed by atoms with Crippen molar-refractivity contribution in [2.24, 2.45) is 12.0 Å². The lowest BCUT2D eigenvalue weighted by molar-refractivity contribution is 0.630. The molecular formula is C29H28N4OS. The Morgan fingerprint density at radius 1 is 0.857 bits per heavy atom. The lowest BCUT2D eigenvalue weighted by atomic mass is 10.0. The van der Waals surface area contributed by atoms with Gasteiger partial charge >= 0.3 is 0 Å². The monoisotopic (exact) mass is 480 g/mol. The molecule has 0 atom stereocenters. The SMILES string of the molecule is Cc1ccc(-c2csc(=Nc3c(C)n(C)n(-c4ccccc4)c3=O)n2Cc2ccccc2)cc1C. The van der Waals surface area contributed by atoms with Gasteiger partial charge in [0.25, 0.3) is 5.56 Å². The van der Waals surface area contributed by atoms with Crippen LogP contribution in [-0.2, 0) is 13.6 Å². The number of hydrogen-bond acceptors (Lipinski definition) is 3. The number of aromatic nitrogens is 3. The first-order chi connectivity index (χ1) is 16.9. The summed E-state index contributed by atoms with van der Waals surface area (Å²) in [5.74, 6) is 0. The van der Waals surface area contributed by atoms with Gasteiger partial charge in [0.2, 0.25) is 0 Å². The molecule has 35 heavy (non-hydrogen) atoms. The summed E-state index contributed by atoms with van der Waals surface area (Å²) in [4.78, 5) is 19.2. The van der Waals surface area contributed by atoms with Crippen LogP contribution in [0.25, 0.3) is 16.9 Å². The molecule has 6 heteroatoms. The van der Waals surface area contributed by atoms with Crippen LogP contribution in [0.3, 0.4) is 0 Å². The molecule has 0 aliphatic rings. The van der Waals surface area contributed by atoms with Crippen molar-refractivity contribution >= 4 is 17.0 Å². The van der Waals surface area contributed by atoms with E-state index < -0.39 is 0 Å². The molecule has 0 N–H and O–H groups in total. The van der Waals surface area contributed by atoms with E-state index in [0.717, 1.165) is 27.4 Å². The van der Waals surface area contributed by atoms with Gasteiger partial charge in [-0.05, 0) is 61.2 Å². The highest BCUT2D eigenvalue weighted by molar-refractivity contribution is 7.07. The average molecular weight is 481 g/mol. The zero-order valence-electron chi connectivity index (χ0n) is 20.4. The largest absolute Gasteiger partial charge is 0.312 e. The van der Waals surface area contributed by atoms with Crippen molar-refractivity contribution in [1.29, 1.82) is 0 Å². The van der Waals surface area contributed by atoms with E-state index in [1.54, 1.807) is 16.0 Å². The number of aryl methyl sites for hydroxylation is 2. The summed E-state index contributed by atoms with van der Waals surface area (Å²) in [5.41, 5.74) is 7.94. The van der Waals surface area contributed by atoms with E-state index in [0.29, 0.717) is 12.2 Å². The highest BCUT2D eigenvalue weighted by Crippen LogP contribution is 2.25. The molecule has 0 spiro atoms. The average Bonchev–Trinajstić information content (AvgIpc) is 3.35. The molecule has 0 saturated carbocycles. The number of thiazole rings is 1. The number of para-hydroxylation sites is 1. The summed E-state index contributed by atoms with van der Waals surface area (Å²) in [5, 5.41) is 2.14. The Hall–Kier alpha value is -3.90. The lowest BCUT2D eigenvalue weighted by Crippen LogP contribution is -2.20. The van der Waals surface area contributed by atoms with E-state index >= 15 is 0 Å². The Bertz CT molecular complexity index is 1620. The maximum atomic E-state index is 13.5. The molecule has 3 aromatic carbocycles. The normalized spacial score (nSPS) is 11.8. The number of benzene rings is 3.